The smallest absolute Gasteiger partial charge is 0.146 e. The third kappa shape index (κ3) is 2.56. The largest absolute Gasteiger partial charge is 0.305 e. The second-order valence-corrected chi connectivity index (χ2v) is 3.99. The van der Waals surface area contributed by atoms with Crippen LogP contribution in [0.1, 0.15) is 31.1 Å². The first-order chi connectivity index (χ1) is 8.76. The Morgan fingerprint density at radius 1 is 1.44 bits per heavy atom. The molecule has 2 aromatic rings. The van der Waals surface area contributed by atoms with Gasteiger partial charge in [-0.2, -0.15) is 5.10 Å². The monoisotopic (exact) mass is 248 g/mol. The van der Waals surface area contributed by atoms with E-state index in [9.17, 15) is 4.39 Å². The van der Waals surface area contributed by atoms with Gasteiger partial charge in [-0.05, 0) is 25.6 Å². The molecule has 1 atom stereocenters. The lowest BCUT2D eigenvalue weighted by Crippen LogP contribution is -2.23. The van der Waals surface area contributed by atoms with E-state index in [-0.39, 0.29) is 11.9 Å². The zero-order chi connectivity index (χ0) is 13.0. The second kappa shape index (κ2) is 5.73. The predicted octanol–water partition coefficient (Wildman–Crippen LogP) is 2.14. The summed E-state index contributed by atoms with van der Waals surface area (Å²) in [5.41, 5.74) is 1.34. The number of pyridine rings is 1. The standard InChI is InChI=1S/C13H17FN4/c1-3-15-12(10-8-17-18(4-2)9-10)13-11(14)6-5-7-16-13/h5-9,12,15H,3-4H2,1-2H3. The fourth-order valence-corrected chi connectivity index (χ4v) is 1.89. The summed E-state index contributed by atoms with van der Waals surface area (Å²) in [5, 5.41) is 7.46. The molecule has 0 aliphatic carbocycles. The number of halogens is 1. The molecule has 1 N–H and O–H groups in total. The van der Waals surface area contributed by atoms with E-state index in [1.165, 1.54) is 6.07 Å². The van der Waals surface area contributed by atoms with Crippen molar-refractivity contribution < 1.29 is 4.39 Å². The fraction of sp³-hybridized carbons (Fsp3) is 0.385. The molecule has 0 saturated carbocycles. The van der Waals surface area contributed by atoms with E-state index in [0.29, 0.717) is 5.69 Å². The van der Waals surface area contributed by atoms with Gasteiger partial charge in [0.1, 0.15) is 5.82 Å². The van der Waals surface area contributed by atoms with E-state index in [1.54, 1.807) is 18.5 Å². The van der Waals surface area contributed by atoms with Crippen LogP contribution in [0.25, 0.3) is 0 Å². The molecule has 18 heavy (non-hydrogen) atoms. The molecule has 96 valence electrons. The van der Waals surface area contributed by atoms with Crippen LogP contribution in [0, 0.1) is 5.82 Å². The molecule has 0 aliphatic heterocycles. The van der Waals surface area contributed by atoms with Crippen molar-refractivity contribution >= 4 is 0 Å². The van der Waals surface area contributed by atoms with Crippen molar-refractivity contribution in [3.05, 3.63) is 47.8 Å². The van der Waals surface area contributed by atoms with Gasteiger partial charge >= 0.3 is 0 Å². The van der Waals surface area contributed by atoms with Gasteiger partial charge in [0.05, 0.1) is 17.9 Å². The summed E-state index contributed by atoms with van der Waals surface area (Å²) in [5.74, 6) is -0.298. The minimum Gasteiger partial charge on any atom is -0.305 e. The maximum absolute atomic E-state index is 13.8. The molecule has 5 heteroatoms. The molecule has 0 aliphatic rings. The SMILES string of the molecule is CCNC(c1cnn(CC)c1)c1ncccc1F. The summed E-state index contributed by atoms with van der Waals surface area (Å²) in [6.45, 7) is 5.53. The number of hydrogen-bond acceptors (Lipinski definition) is 3. The molecule has 0 fully saturated rings. The Kier molecular flexibility index (Phi) is 4.04. The minimum absolute atomic E-state index is 0.253. The van der Waals surface area contributed by atoms with E-state index in [4.69, 9.17) is 0 Å². The molecule has 0 amide bonds. The first-order valence-corrected chi connectivity index (χ1v) is 6.12. The third-order valence-corrected chi connectivity index (χ3v) is 2.78. The van der Waals surface area contributed by atoms with Crippen molar-refractivity contribution in [2.75, 3.05) is 6.54 Å². The molecule has 2 rings (SSSR count). The van der Waals surface area contributed by atoms with E-state index in [1.807, 2.05) is 24.7 Å². The number of hydrogen-bond donors (Lipinski definition) is 1. The topological polar surface area (TPSA) is 42.7 Å². The highest BCUT2D eigenvalue weighted by Crippen LogP contribution is 2.21. The lowest BCUT2D eigenvalue weighted by atomic mass is 10.1. The molecule has 0 radical (unpaired) electrons. The van der Waals surface area contributed by atoms with Crippen molar-refractivity contribution in [2.24, 2.45) is 0 Å². The number of nitrogens with one attached hydrogen (secondary N) is 1. The Morgan fingerprint density at radius 3 is 2.89 bits per heavy atom. The molecule has 0 bridgehead atoms. The minimum atomic E-state index is -0.298. The van der Waals surface area contributed by atoms with Crippen LogP contribution in [0.5, 0.6) is 0 Å². The Morgan fingerprint density at radius 2 is 2.28 bits per heavy atom. The van der Waals surface area contributed by atoms with Crippen LogP contribution in [0.15, 0.2) is 30.7 Å². The van der Waals surface area contributed by atoms with E-state index < -0.39 is 0 Å². The number of aromatic nitrogens is 3. The molecule has 1 unspecified atom stereocenters. The number of rotatable bonds is 5. The van der Waals surface area contributed by atoms with Crippen LogP contribution < -0.4 is 5.32 Å². The molecule has 2 aromatic heterocycles. The summed E-state index contributed by atoms with van der Waals surface area (Å²) >= 11 is 0. The molecule has 4 nitrogen and oxygen atoms in total. The maximum Gasteiger partial charge on any atom is 0.146 e. The summed E-state index contributed by atoms with van der Waals surface area (Å²) in [6, 6.07) is 2.77. The van der Waals surface area contributed by atoms with Crippen LogP contribution in [-0.4, -0.2) is 21.3 Å². The lowest BCUT2D eigenvalue weighted by Gasteiger charge is -2.16. The zero-order valence-electron chi connectivity index (χ0n) is 10.6. The fourth-order valence-electron chi connectivity index (χ4n) is 1.89. The van der Waals surface area contributed by atoms with E-state index >= 15 is 0 Å². The first kappa shape index (κ1) is 12.7. The van der Waals surface area contributed by atoms with Gasteiger partial charge in [0.2, 0.25) is 0 Å². The summed E-state index contributed by atoms with van der Waals surface area (Å²) in [6.07, 6.45) is 5.28. The van der Waals surface area contributed by atoms with Gasteiger partial charge in [-0.25, -0.2) is 4.39 Å². The van der Waals surface area contributed by atoms with Crippen LogP contribution in [0.3, 0.4) is 0 Å². The van der Waals surface area contributed by atoms with Gasteiger partial charge in [0, 0.05) is 24.5 Å². The molecule has 2 heterocycles. The first-order valence-electron chi connectivity index (χ1n) is 6.12. The molecular weight excluding hydrogens is 231 g/mol. The number of aryl methyl sites for hydroxylation is 1. The van der Waals surface area contributed by atoms with Crippen molar-refractivity contribution in [1.82, 2.24) is 20.1 Å². The van der Waals surface area contributed by atoms with E-state index in [2.05, 4.69) is 15.4 Å². The molecule has 0 aromatic carbocycles. The maximum atomic E-state index is 13.8. The van der Waals surface area contributed by atoms with Gasteiger partial charge in [0.25, 0.3) is 0 Å². The van der Waals surface area contributed by atoms with Crippen molar-refractivity contribution in [3.8, 4) is 0 Å². The highest BCUT2D eigenvalue weighted by atomic mass is 19.1. The quantitative estimate of drug-likeness (QED) is 0.881. The van der Waals surface area contributed by atoms with Crippen molar-refractivity contribution in [2.45, 2.75) is 26.4 Å². The van der Waals surface area contributed by atoms with Gasteiger partial charge in [-0.3, -0.25) is 9.67 Å². The predicted molar refractivity (Wildman–Crippen MR) is 67.6 cm³/mol. The Bertz CT molecular complexity index is 509. The zero-order valence-corrected chi connectivity index (χ0v) is 10.6. The summed E-state index contributed by atoms with van der Waals surface area (Å²) in [4.78, 5) is 4.13. The normalized spacial score (nSPS) is 12.6. The second-order valence-electron chi connectivity index (χ2n) is 3.99. The van der Waals surface area contributed by atoms with Crippen LogP contribution in [0.2, 0.25) is 0 Å². The summed E-state index contributed by atoms with van der Waals surface area (Å²) in [7, 11) is 0. The average molecular weight is 248 g/mol. The Hall–Kier alpha value is -1.75. The van der Waals surface area contributed by atoms with Crippen LogP contribution in [0.4, 0.5) is 4.39 Å². The van der Waals surface area contributed by atoms with Crippen molar-refractivity contribution in [1.29, 1.82) is 0 Å². The van der Waals surface area contributed by atoms with Gasteiger partial charge in [-0.1, -0.05) is 6.92 Å². The Labute approximate surface area is 106 Å². The Balaban J connectivity index is 2.36. The van der Waals surface area contributed by atoms with E-state index in [0.717, 1.165) is 18.7 Å². The van der Waals surface area contributed by atoms with Crippen LogP contribution in [-0.2, 0) is 6.54 Å². The summed E-state index contributed by atoms with van der Waals surface area (Å²) < 4.78 is 15.6. The highest BCUT2D eigenvalue weighted by Gasteiger charge is 2.19. The van der Waals surface area contributed by atoms with Crippen molar-refractivity contribution in [3.63, 3.8) is 0 Å². The average Bonchev–Trinajstić information content (AvgIpc) is 2.85. The molecule has 0 spiro atoms. The molecular formula is C13H17FN4. The number of nitrogens with zero attached hydrogens (tertiary/aromatic N) is 3. The van der Waals surface area contributed by atoms with Gasteiger partial charge in [-0.15, -0.1) is 0 Å². The van der Waals surface area contributed by atoms with Gasteiger partial charge in [0.15, 0.2) is 0 Å². The van der Waals surface area contributed by atoms with Gasteiger partial charge < -0.3 is 5.32 Å². The molecule has 0 saturated heterocycles. The lowest BCUT2D eigenvalue weighted by molar-refractivity contribution is 0.542. The third-order valence-electron chi connectivity index (χ3n) is 2.78. The van der Waals surface area contributed by atoms with Crippen LogP contribution >= 0.6 is 0 Å². The highest BCUT2D eigenvalue weighted by molar-refractivity contribution is 5.24.